The SMILES string of the molecule is COc1ccc(-c2ccc(N3CCCN(C(=O)CN(CC4CCCO4)C(=S)NC(C)C)CC3)nn2)cc1. The number of carbonyl (C=O) groups excluding carboxylic acids is 1. The Morgan fingerprint density at radius 3 is 2.59 bits per heavy atom. The van der Waals surface area contributed by atoms with Crippen molar-refractivity contribution in [3.8, 4) is 17.0 Å². The highest BCUT2D eigenvalue weighted by molar-refractivity contribution is 7.80. The van der Waals surface area contributed by atoms with E-state index >= 15 is 0 Å². The van der Waals surface area contributed by atoms with E-state index in [1.54, 1.807) is 7.11 Å². The number of anilines is 1. The molecule has 2 aromatic rings. The van der Waals surface area contributed by atoms with Crippen molar-refractivity contribution in [1.29, 1.82) is 0 Å². The molecule has 2 fully saturated rings. The zero-order valence-electron chi connectivity index (χ0n) is 22.1. The van der Waals surface area contributed by atoms with Gasteiger partial charge in [0.15, 0.2) is 10.9 Å². The molecule has 10 heteroatoms. The fraction of sp³-hybridized carbons (Fsp3) is 0.556. The van der Waals surface area contributed by atoms with Crippen LogP contribution in [0.3, 0.4) is 0 Å². The molecule has 9 nitrogen and oxygen atoms in total. The van der Waals surface area contributed by atoms with Gasteiger partial charge in [-0.15, -0.1) is 10.2 Å². The molecule has 0 radical (unpaired) electrons. The Kier molecular flexibility index (Phi) is 9.51. The quantitative estimate of drug-likeness (QED) is 0.522. The number of methoxy groups -OCH3 is 1. The van der Waals surface area contributed by atoms with Crippen LogP contribution >= 0.6 is 12.2 Å². The van der Waals surface area contributed by atoms with Crippen molar-refractivity contribution in [2.45, 2.75) is 45.3 Å². The van der Waals surface area contributed by atoms with Crippen LogP contribution in [0.5, 0.6) is 5.75 Å². The molecular weight excluding hydrogens is 488 g/mol. The molecule has 0 bridgehead atoms. The predicted molar refractivity (Wildman–Crippen MR) is 149 cm³/mol. The fourth-order valence-corrected chi connectivity index (χ4v) is 5.04. The van der Waals surface area contributed by atoms with E-state index in [4.69, 9.17) is 21.7 Å². The Hall–Kier alpha value is -2.98. The molecule has 1 aromatic carbocycles. The minimum atomic E-state index is 0.0914. The summed E-state index contributed by atoms with van der Waals surface area (Å²) in [5, 5.41) is 12.8. The van der Waals surface area contributed by atoms with Crippen LogP contribution in [-0.4, -0.2) is 96.1 Å². The number of benzene rings is 1. The van der Waals surface area contributed by atoms with Gasteiger partial charge in [0.05, 0.1) is 25.5 Å². The second kappa shape index (κ2) is 13.0. The van der Waals surface area contributed by atoms with E-state index in [-0.39, 0.29) is 24.6 Å². The molecule has 0 saturated carbocycles. The Labute approximate surface area is 225 Å². The molecule has 37 heavy (non-hydrogen) atoms. The largest absolute Gasteiger partial charge is 0.497 e. The van der Waals surface area contributed by atoms with E-state index in [2.05, 4.69) is 20.4 Å². The minimum absolute atomic E-state index is 0.0914. The van der Waals surface area contributed by atoms with Gasteiger partial charge in [0.25, 0.3) is 0 Å². The van der Waals surface area contributed by atoms with Gasteiger partial charge in [-0.2, -0.15) is 0 Å². The van der Waals surface area contributed by atoms with Crippen molar-refractivity contribution in [3.63, 3.8) is 0 Å². The monoisotopic (exact) mass is 526 g/mol. The lowest BCUT2D eigenvalue weighted by Gasteiger charge is -2.31. The number of aromatic nitrogens is 2. The Balaban J connectivity index is 1.34. The van der Waals surface area contributed by atoms with Crippen molar-refractivity contribution in [1.82, 2.24) is 25.3 Å². The third kappa shape index (κ3) is 7.52. The molecule has 1 aromatic heterocycles. The van der Waals surface area contributed by atoms with E-state index in [9.17, 15) is 4.79 Å². The molecule has 200 valence electrons. The normalized spacial score (nSPS) is 18.0. The Morgan fingerprint density at radius 1 is 1.14 bits per heavy atom. The fourth-order valence-electron chi connectivity index (χ4n) is 4.66. The van der Waals surface area contributed by atoms with E-state index in [1.165, 1.54) is 0 Å². The maximum atomic E-state index is 13.3. The lowest BCUT2D eigenvalue weighted by Crippen LogP contribution is -2.50. The van der Waals surface area contributed by atoms with Crippen molar-refractivity contribution in [2.75, 3.05) is 57.9 Å². The number of amides is 1. The molecule has 1 amide bonds. The second-order valence-corrected chi connectivity index (χ2v) is 10.2. The lowest BCUT2D eigenvalue weighted by atomic mass is 10.1. The molecule has 1 N–H and O–H groups in total. The predicted octanol–water partition coefficient (Wildman–Crippen LogP) is 2.95. The summed E-state index contributed by atoms with van der Waals surface area (Å²) in [6, 6.07) is 12.0. The standard InChI is InChI=1S/C27H38N6O3S/c1-20(2)28-27(37)33(18-23-6-4-17-36-23)19-26(34)32-14-5-13-31(15-16-32)25-12-11-24(29-30-25)21-7-9-22(35-3)10-8-21/h7-12,20,23H,4-6,13-19H2,1-3H3,(H,28,37). The van der Waals surface area contributed by atoms with Crippen molar-refractivity contribution >= 4 is 29.1 Å². The van der Waals surface area contributed by atoms with Crippen LogP contribution in [0.4, 0.5) is 5.82 Å². The van der Waals surface area contributed by atoms with Crippen molar-refractivity contribution in [3.05, 3.63) is 36.4 Å². The number of hydrogen-bond acceptors (Lipinski definition) is 7. The first-order valence-electron chi connectivity index (χ1n) is 13.1. The summed E-state index contributed by atoms with van der Waals surface area (Å²) in [4.78, 5) is 19.4. The van der Waals surface area contributed by atoms with Gasteiger partial charge in [-0.1, -0.05) is 0 Å². The summed E-state index contributed by atoms with van der Waals surface area (Å²) in [5.41, 5.74) is 1.81. The molecule has 3 heterocycles. The van der Waals surface area contributed by atoms with Gasteiger partial charge < -0.3 is 29.5 Å². The van der Waals surface area contributed by atoms with Gasteiger partial charge in [-0.25, -0.2) is 0 Å². The minimum Gasteiger partial charge on any atom is -0.497 e. The van der Waals surface area contributed by atoms with Gasteiger partial charge in [-0.05, 0) is 81.7 Å². The topological polar surface area (TPSA) is 83.1 Å². The number of nitrogens with one attached hydrogen (secondary N) is 1. The maximum Gasteiger partial charge on any atom is 0.242 e. The first kappa shape index (κ1) is 27.1. The number of nitrogens with zero attached hydrogens (tertiary/aromatic N) is 5. The maximum absolute atomic E-state index is 13.3. The molecule has 0 spiro atoms. The summed E-state index contributed by atoms with van der Waals surface area (Å²) in [6.07, 6.45) is 3.06. The molecule has 2 aliphatic heterocycles. The van der Waals surface area contributed by atoms with Crippen LogP contribution in [0.15, 0.2) is 36.4 Å². The summed E-state index contributed by atoms with van der Waals surface area (Å²) in [7, 11) is 1.65. The number of rotatable bonds is 8. The molecule has 2 aliphatic rings. The van der Waals surface area contributed by atoms with E-state index in [0.29, 0.717) is 31.3 Å². The summed E-state index contributed by atoms with van der Waals surface area (Å²) >= 11 is 5.63. The molecule has 2 saturated heterocycles. The van der Waals surface area contributed by atoms with Crippen LogP contribution in [-0.2, 0) is 9.53 Å². The average Bonchev–Trinajstić information content (AvgIpc) is 3.29. The third-order valence-electron chi connectivity index (χ3n) is 6.68. The summed E-state index contributed by atoms with van der Waals surface area (Å²) in [5.74, 6) is 1.73. The molecule has 0 aliphatic carbocycles. The second-order valence-electron chi connectivity index (χ2n) is 9.85. The lowest BCUT2D eigenvalue weighted by molar-refractivity contribution is -0.131. The summed E-state index contributed by atoms with van der Waals surface area (Å²) in [6.45, 7) is 8.67. The van der Waals surface area contributed by atoms with Gasteiger partial charge in [0.1, 0.15) is 5.75 Å². The van der Waals surface area contributed by atoms with E-state index in [0.717, 1.165) is 55.2 Å². The summed E-state index contributed by atoms with van der Waals surface area (Å²) < 4.78 is 11.0. The van der Waals surface area contributed by atoms with Crippen LogP contribution < -0.4 is 15.0 Å². The van der Waals surface area contributed by atoms with Crippen LogP contribution in [0.1, 0.15) is 33.1 Å². The Morgan fingerprint density at radius 2 is 1.95 bits per heavy atom. The van der Waals surface area contributed by atoms with Gasteiger partial charge in [0.2, 0.25) is 5.91 Å². The van der Waals surface area contributed by atoms with Gasteiger partial charge in [-0.3, -0.25) is 4.79 Å². The number of carbonyl (C=O) groups is 1. The number of thiocarbonyl (C=S) groups is 1. The molecule has 1 unspecified atom stereocenters. The first-order valence-corrected chi connectivity index (χ1v) is 13.5. The smallest absolute Gasteiger partial charge is 0.242 e. The van der Waals surface area contributed by atoms with Gasteiger partial charge >= 0.3 is 0 Å². The first-order chi connectivity index (χ1) is 17.9. The molecule has 1 atom stereocenters. The highest BCUT2D eigenvalue weighted by Gasteiger charge is 2.26. The van der Waals surface area contributed by atoms with Gasteiger partial charge in [0, 0.05) is 50.9 Å². The zero-order valence-corrected chi connectivity index (χ0v) is 22.9. The van der Waals surface area contributed by atoms with Crippen molar-refractivity contribution in [2.24, 2.45) is 0 Å². The molecule has 4 rings (SSSR count). The Bertz CT molecular complexity index is 1030. The molecular formula is C27H38N6O3S. The highest BCUT2D eigenvalue weighted by Crippen LogP contribution is 2.22. The van der Waals surface area contributed by atoms with Crippen LogP contribution in [0.2, 0.25) is 0 Å². The highest BCUT2D eigenvalue weighted by atomic mass is 32.1. The van der Waals surface area contributed by atoms with E-state index in [1.807, 2.05) is 60.0 Å². The van der Waals surface area contributed by atoms with Crippen LogP contribution in [0.25, 0.3) is 11.3 Å². The zero-order chi connectivity index (χ0) is 26.2. The number of hydrogen-bond donors (Lipinski definition) is 1. The third-order valence-corrected chi connectivity index (χ3v) is 7.06. The average molecular weight is 527 g/mol. The van der Waals surface area contributed by atoms with E-state index < -0.39 is 0 Å². The van der Waals surface area contributed by atoms with Crippen LogP contribution in [0, 0.1) is 0 Å². The number of ether oxygens (including phenoxy) is 2. The van der Waals surface area contributed by atoms with Crippen molar-refractivity contribution < 1.29 is 14.3 Å².